The van der Waals surface area contributed by atoms with Crippen LogP contribution in [0.25, 0.3) is 115 Å². The molecule has 5 aromatic heterocycles. The Morgan fingerprint density at radius 2 is 0.987 bits per heavy atom. The Morgan fingerprint density at radius 3 is 1.73 bits per heavy atom. The van der Waals surface area contributed by atoms with Crippen LogP contribution in [0.5, 0.6) is 0 Å². The molecule has 7 heterocycles. The molecule has 10 aromatic carbocycles. The number of rotatable bonds is 3. The summed E-state index contributed by atoms with van der Waals surface area (Å²) in [4.78, 5) is 2.65. The second-order valence-corrected chi connectivity index (χ2v) is 24.7. The molecular weight excluding hydrogens is 956 g/mol. The van der Waals surface area contributed by atoms with Gasteiger partial charge in [0.2, 0.25) is 0 Å². The molecule has 0 bridgehead atoms. The van der Waals surface area contributed by atoms with Crippen molar-refractivity contribution in [3.05, 3.63) is 211 Å². The number of hydrogen-bond donors (Lipinski definition) is 0. The lowest BCUT2D eigenvalue weighted by Crippen LogP contribution is -2.59. The van der Waals surface area contributed by atoms with Crippen molar-refractivity contribution in [3.63, 3.8) is 0 Å². The van der Waals surface area contributed by atoms with Crippen molar-refractivity contribution in [2.45, 2.75) is 52.4 Å². The van der Waals surface area contributed by atoms with Crippen LogP contribution < -0.4 is 20.6 Å². The maximum Gasteiger partial charge on any atom is 0.264 e. The summed E-state index contributed by atoms with van der Waals surface area (Å²) < 4.78 is 17.2. The Labute approximate surface area is 449 Å². The van der Waals surface area contributed by atoms with Crippen LogP contribution in [-0.2, 0) is 10.8 Å². The number of hydrogen-bond acceptors (Lipinski definition) is 3. The van der Waals surface area contributed by atoms with Crippen LogP contribution in [-0.4, -0.2) is 20.4 Å². The van der Waals surface area contributed by atoms with Crippen molar-refractivity contribution < 1.29 is 4.42 Å². The number of para-hydroxylation sites is 5. The molecule has 0 amide bonds. The summed E-state index contributed by atoms with van der Waals surface area (Å²) in [5.41, 5.74) is 21.3. The summed E-state index contributed by atoms with van der Waals surface area (Å²) >= 11 is 1.97. The smallest absolute Gasteiger partial charge is 0.264 e. The second-order valence-electron chi connectivity index (χ2n) is 23.6. The van der Waals surface area contributed by atoms with Crippen LogP contribution in [0.2, 0.25) is 0 Å². The lowest BCUT2D eigenvalue weighted by molar-refractivity contribution is 0.590. The van der Waals surface area contributed by atoms with E-state index in [4.69, 9.17) is 4.42 Å². The minimum atomic E-state index is -0.0425. The normalized spacial score (nSPS) is 13.5. The molecule has 15 aromatic rings. The number of nitrogens with zero attached hydrogens (tertiary/aromatic N) is 4. The van der Waals surface area contributed by atoms with Gasteiger partial charge in [0.05, 0.1) is 44.3 Å². The van der Waals surface area contributed by atoms with E-state index in [0.29, 0.717) is 0 Å². The van der Waals surface area contributed by atoms with Crippen LogP contribution >= 0.6 is 11.3 Å². The van der Waals surface area contributed by atoms with E-state index in [2.05, 4.69) is 260 Å². The quantitative estimate of drug-likeness (QED) is 0.165. The summed E-state index contributed by atoms with van der Waals surface area (Å²) in [5.74, 6) is 0. The molecule has 77 heavy (non-hydrogen) atoms. The number of aromatic nitrogens is 3. The number of anilines is 3. The van der Waals surface area contributed by atoms with Crippen molar-refractivity contribution >= 4 is 148 Å². The summed E-state index contributed by atoms with van der Waals surface area (Å²) in [6.07, 6.45) is 0. The Morgan fingerprint density at radius 1 is 0.403 bits per heavy atom. The van der Waals surface area contributed by atoms with Gasteiger partial charge in [0.15, 0.2) is 0 Å². The Hall–Kier alpha value is -8.78. The minimum absolute atomic E-state index is 0.0102. The molecule has 0 saturated carbocycles. The van der Waals surface area contributed by atoms with Crippen LogP contribution in [0.4, 0.5) is 17.1 Å². The van der Waals surface area contributed by atoms with Crippen molar-refractivity contribution in [2.24, 2.45) is 0 Å². The van der Waals surface area contributed by atoms with E-state index < -0.39 is 0 Å². The van der Waals surface area contributed by atoms with Gasteiger partial charge in [0.1, 0.15) is 11.2 Å². The third-order valence-electron chi connectivity index (χ3n) is 17.3. The summed E-state index contributed by atoms with van der Waals surface area (Å²) in [6.45, 7) is 13.9. The van der Waals surface area contributed by atoms with Gasteiger partial charge in [-0.15, -0.1) is 11.3 Å². The number of fused-ring (bicyclic) bond motifs is 20. The van der Waals surface area contributed by atoms with E-state index in [0.717, 1.165) is 50.0 Å². The average Bonchev–Trinajstić information content (AvgIpc) is 4.47. The van der Waals surface area contributed by atoms with E-state index >= 15 is 0 Å². The minimum Gasteiger partial charge on any atom is -0.456 e. The molecule has 7 heteroatoms. The first-order valence-corrected chi connectivity index (χ1v) is 27.9. The monoisotopic (exact) mass is 1010 g/mol. The molecule has 17 rings (SSSR count). The van der Waals surface area contributed by atoms with E-state index in [-0.39, 0.29) is 17.5 Å². The van der Waals surface area contributed by atoms with Crippen molar-refractivity contribution in [2.75, 3.05) is 4.90 Å². The summed E-state index contributed by atoms with van der Waals surface area (Å²) in [7, 11) is 0. The number of thiophene rings is 1. The Bertz CT molecular complexity index is 5070. The predicted molar refractivity (Wildman–Crippen MR) is 329 cm³/mol. The molecule has 0 N–H and O–H groups in total. The van der Waals surface area contributed by atoms with Gasteiger partial charge in [-0.2, -0.15) is 0 Å². The predicted octanol–water partition coefficient (Wildman–Crippen LogP) is 17.3. The zero-order chi connectivity index (χ0) is 51.4. The largest absolute Gasteiger partial charge is 0.456 e. The fourth-order valence-electron chi connectivity index (χ4n) is 13.8. The van der Waals surface area contributed by atoms with Crippen LogP contribution in [0.15, 0.2) is 205 Å². The molecule has 2 aliphatic rings. The van der Waals surface area contributed by atoms with Crippen LogP contribution in [0, 0.1) is 0 Å². The molecular formula is C70H51BN4OS. The number of furan rings is 1. The lowest BCUT2D eigenvalue weighted by atomic mass is 9.36. The average molecular weight is 1010 g/mol. The summed E-state index contributed by atoms with van der Waals surface area (Å²) in [6, 6.07) is 75.6. The van der Waals surface area contributed by atoms with E-state index in [9.17, 15) is 0 Å². The maximum absolute atomic E-state index is 6.72. The molecule has 5 nitrogen and oxygen atoms in total. The molecule has 366 valence electrons. The first-order chi connectivity index (χ1) is 37.5. The van der Waals surface area contributed by atoms with Gasteiger partial charge in [-0.3, -0.25) is 0 Å². The molecule has 2 aliphatic heterocycles. The zero-order valence-electron chi connectivity index (χ0n) is 43.7. The van der Waals surface area contributed by atoms with Gasteiger partial charge >= 0.3 is 0 Å². The van der Waals surface area contributed by atoms with E-state index in [1.54, 1.807) is 0 Å². The third-order valence-corrected chi connectivity index (χ3v) is 18.5. The first kappa shape index (κ1) is 43.5. The van der Waals surface area contributed by atoms with Crippen molar-refractivity contribution in [1.82, 2.24) is 13.7 Å². The maximum atomic E-state index is 6.72. The lowest BCUT2D eigenvalue weighted by Gasteiger charge is -2.39. The highest BCUT2D eigenvalue weighted by molar-refractivity contribution is 7.33. The van der Waals surface area contributed by atoms with Gasteiger partial charge in [-0.25, -0.2) is 0 Å². The third kappa shape index (κ3) is 5.74. The van der Waals surface area contributed by atoms with Gasteiger partial charge in [-0.1, -0.05) is 163 Å². The molecule has 0 saturated heterocycles. The topological polar surface area (TPSA) is 31.2 Å². The molecule has 0 radical (unpaired) electrons. The zero-order valence-corrected chi connectivity index (χ0v) is 44.6. The van der Waals surface area contributed by atoms with Gasteiger partial charge in [0, 0.05) is 80.8 Å². The van der Waals surface area contributed by atoms with Gasteiger partial charge in [-0.05, 0) is 112 Å². The highest BCUT2D eigenvalue weighted by Crippen LogP contribution is 2.50. The Balaban J connectivity index is 1.10. The van der Waals surface area contributed by atoms with Crippen LogP contribution in [0.1, 0.15) is 52.7 Å². The van der Waals surface area contributed by atoms with Crippen molar-refractivity contribution in [1.29, 1.82) is 0 Å². The summed E-state index contributed by atoms with van der Waals surface area (Å²) in [5, 5.41) is 10.9. The van der Waals surface area contributed by atoms with E-state index in [1.165, 1.54) is 108 Å². The molecule has 0 atom stereocenters. The standard InChI is InChI=1S/C70H51BN4OS/c1-69(2,3)40-27-30-43(31-28-40)73-56-38-44(74-55-25-14-10-19-45(55)48-34-35-59-61(64(48)74)51-21-12-15-26-58(51)76-59)39-57-62(56)71(68-67(73)52-37-41(70(4,5)6)29-36-60(52)77-68)53-23-16-22-47-50-33-32-49-46-20-11-13-24-54(46)72(42-17-8-7-9-18-42)65(49)66(50)75(57)63(47)53/h7-39H,1-6H3. The SMILES string of the molecule is CC(C)(C)c1ccc(N2c3cc(-n4c5ccccc5c5ccc6oc7ccccc7c6c54)cc4c3B(c3sc5ccc(C(C)(C)C)cc5c32)c2cccc3c5ccc6c7ccccc7n(-c7ccccc7)c6c5n-4c23)cc1. The Kier molecular flexibility index (Phi) is 8.46. The second kappa shape index (κ2) is 15.0. The first-order valence-electron chi connectivity index (χ1n) is 27.0. The molecule has 0 unspecified atom stereocenters. The van der Waals surface area contributed by atoms with E-state index in [1.807, 2.05) is 11.3 Å². The molecule has 0 fully saturated rings. The molecule has 0 spiro atoms. The van der Waals surface area contributed by atoms with Gasteiger partial charge in [0.25, 0.3) is 6.71 Å². The number of benzene rings is 10. The highest BCUT2D eigenvalue weighted by atomic mass is 32.1. The fraction of sp³-hybridized carbons (Fsp3) is 0.114. The van der Waals surface area contributed by atoms with Gasteiger partial charge < -0.3 is 23.0 Å². The van der Waals surface area contributed by atoms with Crippen molar-refractivity contribution in [3.8, 4) is 17.1 Å². The van der Waals surface area contributed by atoms with Crippen LogP contribution in [0.3, 0.4) is 0 Å². The fourth-order valence-corrected chi connectivity index (χ4v) is 15.1. The highest BCUT2D eigenvalue weighted by Gasteiger charge is 2.45. The molecule has 0 aliphatic carbocycles.